The number of nitro groups is 1. The number of piperidine rings is 1. The number of hydrogen-bond donors (Lipinski definition) is 2. The molecule has 0 aliphatic carbocycles. The Bertz CT molecular complexity index is 539. The number of carbonyl (C=O) groups is 1. The Morgan fingerprint density at radius 3 is 2.81 bits per heavy atom. The fourth-order valence-corrected chi connectivity index (χ4v) is 2.57. The van der Waals surface area contributed by atoms with Crippen LogP contribution in [0.4, 0.5) is 5.69 Å². The van der Waals surface area contributed by atoms with Gasteiger partial charge in [-0.15, -0.1) is 12.4 Å². The number of halogens is 2. The highest BCUT2D eigenvalue weighted by molar-refractivity contribution is 6.31. The molecule has 1 aromatic carbocycles. The average Bonchev–Trinajstić information content (AvgIpc) is 2.37. The van der Waals surface area contributed by atoms with E-state index in [0.29, 0.717) is 6.04 Å². The number of hydrogen-bond acceptors (Lipinski definition) is 4. The highest BCUT2D eigenvalue weighted by Crippen LogP contribution is 2.21. The largest absolute Gasteiger partial charge is 0.349 e. The lowest BCUT2D eigenvalue weighted by Crippen LogP contribution is -2.46. The molecule has 0 spiro atoms. The molecule has 0 saturated carbocycles. The summed E-state index contributed by atoms with van der Waals surface area (Å²) >= 11 is 5.81. The van der Waals surface area contributed by atoms with Crippen molar-refractivity contribution in [3.8, 4) is 0 Å². The van der Waals surface area contributed by atoms with Gasteiger partial charge in [0.25, 0.3) is 11.6 Å². The van der Waals surface area contributed by atoms with Gasteiger partial charge in [0.15, 0.2) is 0 Å². The molecule has 6 nitrogen and oxygen atoms in total. The van der Waals surface area contributed by atoms with E-state index in [1.165, 1.54) is 18.2 Å². The topological polar surface area (TPSA) is 84.3 Å². The summed E-state index contributed by atoms with van der Waals surface area (Å²) in [6, 6.07) is 4.34. The zero-order chi connectivity index (χ0) is 14.7. The normalized spacial score (nSPS) is 21.2. The molecule has 21 heavy (non-hydrogen) atoms. The molecule has 1 aromatic rings. The molecule has 2 unspecified atom stereocenters. The minimum absolute atomic E-state index is 0. The predicted molar refractivity (Wildman–Crippen MR) is 83.3 cm³/mol. The van der Waals surface area contributed by atoms with E-state index in [9.17, 15) is 14.9 Å². The highest BCUT2D eigenvalue weighted by atomic mass is 35.5. The van der Waals surface area contributed by atoms with Crippen molar-refractivity contribution in [2.45, 2.75) is 31.8 Å². The van der Waals surface area contributed by atoms with Crippen LogP contribution >= 0.6 is 24.0 Å². The summed E-state index contributed by atoms with van der Waals surface area (Å²) in [5.41, 5.74) is 0.0386. The fourth-order valence-electron chi connectivity index (χ4n) is 2.34. The molecule has 2 N–H and O–H groups in total. The third-order valence-electron chi connectivity index (χ3n) is 3.31. The van der Waals surface area contributed by atoms with Crippen molar-refractivity contribution in [1.82, 2.24) is 10.6 Å². The van der Waals surface area contributed by atoms with Crippen LogP contribution in [-0.4, -0.2) is 29.5 Å². The van der Waals surface area contributed by atoms with Gasteiger partial charge in [-0.1, -0.05) is 11.6 Å². The molecule has 1 aliphatic heterocycles. The molecular formula is C13H17Cl2N3O3. The van der Waals surface area contributed by atoms with Crippen molar-refractivity contribution in [3.05, 3.63) is 38.9 Å². The van der Waals surface area contributed by atoms with Gasteiger partial charge in [-0.25, -0.2) is 0 Å². The lowest BCUT2D eigenvalue weighted by Gasteiger charge is -2.28. The molecule has 0 aromatic heterocycles. The van der Waals surface area contributed by atoms with Gasteiger partial charge in [0.05, 0.1) is 4.92 Å². The third kappa shape index (κ3) is 4.84. The van der Waals surface area contributed by atoms with Gasteiger partial charge in [-0.2, -0.15) is 0 Å². The number of non-ortho nitro benzene ring substituents is 1. The zero-order valence-corrected chi connectivity index (χ0v) is 13.0. The predicted octanol–water partition coefficient (Wildman–Crippen LogP) is 2.54. The molecule has 8 heteroatoms. The van der Waals surface area contributed by atoms with Crippen molar-refractivity contribution in [2.75, 3.05) is 6.54 Å². The SMILES string of the molecule is CC1CC(NC(=O)c2cc(Cl)cc([N+](=O)[O-])c2)CCN1.Cl. The number of benzene rings is 1. The van der Waals surface area contributed by atoms with Crippen LogP contribution < -0.4 is 10.6 Å². The Morgan fingerprint density at radius 2 is 2.19 bits per heavy atom. The van der Waals surface area contributed by atoms with Gasteiger partial charge in [-0.3, -0.25) is 14.9 Å². The molecule has 0 bridgehead atoms. The van der Waals surface area contributed by atoms with Crippen molar-refractivity contribution in [1.29, 1.82) is 0 Å². The van der Waals surface area contributed by atoms with E-state index in [4.69, 9.17) is 11.6 Å². The van der Waals surface area contributed by atoms with E-state index in [-0.39, 0.29) is 40.6 Å². The first kappa shape index (κ1) is 17.7. The van der Waals surface area contributed by atoms with E-state index < -0.39 is 4.92 Å². The molecule has 2 rings (SSSR count). The molecule has 1 aliphatic rings. The Balaban J connectivity index is 0.00000220. The minimum Gasteiger partial charge on any atom is -0.349 e. The van der Waals surface area contributed by atoms with Crippen LogP contribution in [0.3, 0.4) is 0 Å². The van der Waals surface area contributed by atoms with Gasteiger partial charge in [0.1, 0.15) is 0 Å². The number of carbonyl (C=O) groups excluding carboxylic acids is 1. The number of rotatable bonds is 3. The summed E-state index contributed by atoms with van der Waals surface area (Å²) in [6.45, 7) is 2.91. The number of nitrogens with one attached hydrogen (secondary N) is 2. The average molecular weight is 334 g/mol. The quantitative estimate of drug-likeness (QED) is 0.657. The van der Waals surface area contributed by atoms with Gasteiger partial charge < -0.3 is 10.6 Å². The zero-order valence-electron chi connectivity index (χ0n) is 11.5. The van der Waals surface area contributed by atoms with E-state index >= 15 is 0 Å². The smallest absolute Gasteiger partial charge is 0.271 e. The van der Waals surface area contributed by atoms with Gasteiger partial charge in [0, 0.05) is 34.8 Å². The Labute approximate surface area is 133 Å². The maximum atomic E-state index is 12.1. The van der Waals surface area contributed by atoms with Crippen LogP contribution in [0.2, 0.25) is 5.02 Å². The Kier molecular flexibility index (Phi) is 6.39. The molecule has 116 valence electrons. The van der Waals surface area contributed by atoms with Crippen LogP contribution in [-0.2, 0) is 0 Å². The van der Waals surface area contributed by atoms with Crippen molar-refractivity contribution in [2.24, 2.45) is 0 Å². The lowest BCUT2D eigenvalue weighted by atomic mass is 10.0. The van der Waals surface area contributed by atoms with Crippen molar-refractivity contribution >= 4 is 35.6 Å². The Morgan fingerprint density at radius 1 is 1.48 bits per heavy atom. The molecule has 1 heterocycles. The van der Waals surface area contributed by atoms with E-state index in [0.717, 1.165) is 19.4 Å². The van der Waals surface area contributed by atoms with E-state index in [1.54, 1.807) is 0 Å². The first-order valence-corrected chi connectivity index (χ1v) is 6.82. The van der Waals surface area contributed by atoms with Crippen LogP contribution in [0.5, 0.6) is 0 Å². The molecule has 0 radical (unpaired) electrons. The number of nitro benzene ring substituents is 1. The Hall–Kier alpha value is -1.37. The standard InChI is InChI=1S/C13H16ClN3O3.ClH/c1-8-4-11(2-3-15-8)16-13(18)9-5-10(14)7-12(6-9)17(19)20;/h5-8,11,15H,2-4H2,1H3,(H,16,18);1H. The lowest BCUT2D eigenvalue weighted by molar-refractivity contribution is -0.384. The second-order valence-corrected chi connectivity index (χ2v) is 5.44. The van der Waals surface area contributed by atoms with Gasteiger partial charge in [-0.05, 0) is 32.4 Å². The maximum absolute atomic E-state index is 12.1. The summed E-state index contributed by atoms with van der Waals surface area (Å²) < 4.78 is 0. The third-order valence-corrected chi connectivity index (χ3v) is 3.53. The first-order valence-electron chi connectivity index (χ1n) is 6.45. The molecule has 1 saturated heterocycles. The summed E-state index contributed by atoms with van der Waals surface area (Å²) in [7, 11) is 0. The number of nitrogens with zero attached hydrogens (tertiary/aromatic N) is 1. The summed E-state index contributed by atoms with van der Waals surface area (Å²) in [4.78, 5) is 22.3. The maximum Gasteiger partial charge on any atom is 0.271 e. The summed E-state index contributed by atoms with van der Waals surface area (Å²) in [6.07, 6.45) is 1.69. The van der Waals surface area contributed by atoms with Crippen molar-refractivity contribution in [3.63, 3.8) is 0 Å². The minimum atomic E-state index is -0.560. The van der Waals surface area contributed by atoms with E-state index in [1.807, 2.05) is 0 Å². The molecule has 1 fully saturated rings. The first-order chi connectivity index (χ1) is 9.45. The highest BCUT2D eigenvalue weighted by Gasteiger charge is 2.21. The van der Waals surface area contributed by atoms with Crippen LogP contribution in [0.25, 0.3) is 0 Å². The van der Waals surface area contributed by atoms with Gasteiger partial charge >= 0.3 is 0 Å². The van der Waals surface area contributed by atoms with Crippen LogP contribution in [0.1, 0.15) is 30.1 Å². The second-order valence-electron chi connectivity index (χ2n) is 5.01. The molecule has 2 atom stereocenters. The molecule has 1 amide bonds. The van der Waals surface area contributed by atoms with Gasteiger partial charge in [0.2, 0.25) is 0 Å². The molecular weight excluding hydrogens is 317 g/mol. The summed E-state index contributed by atoms with van der Waals surface area (Å²) in [5, 5.41) is 17.1. The van der Waals surface area contributed by atoms with Crippen molar-refractivity contribution < 1.29 is 9.72 Å². The van der Waals surface area contributed by atoms with Crippen LogP contribution in [0.15, 0.2) is 18.2 Å². The fraction of sp³-hybridized carbons (Fsp3) is 0.462. The number of amides is 1. The van der Waals surface area contributed by atoms with Crippen LogP contribution in [0, 0.1) is 10.1 Å². The summed E-state index contributed by atoms with van der Waals surface area (Å²) in [5.74, 6) is -0.324. The monoisotopic (exact) mass is 333 g/mol. The second kappa shape index (κ2) is 7.59. The van der Waals surface area contributed by atoms with E-state index in [2.05, 4.69) is 17.6 Å².